The molecule has 1 N–H and O–H groups in total. The summed E-state index contributed by atoms with van der Waals surface area (Å²) in [6.45, 7) is 3.90. The van der Waals surface area contributed by atoms with E-state index in [-0.39, 0.29) is 6.54 Å². The maximum absolute atomic E-state index is 13.8. The Balaban J connectivity index is 2.17. The van der Waals surface area contributed by atoms with Crippen molar-refractivity contribution in [1.29, 1.82) is 0 Å². The van der Waals surface area contributed by atoms with Gasteiger partial charge in [0.2, 0.25) is 0 Å². The largest absolute Gasteiger partial charge is 0.390 e. The fraction of sp³-hybridized carbons (Fsp3) is 0.636. The third kappa shape index (κ3) is 2.66. The lowest BCUT2D eigenvalue weighted by Gasteiger charge is -2.26. The van der Waals surface area contributed by atoms with Crippen LogP contribution >= 0.6 is 11.6 Å². The summed E-state index contributed by atoms with van der Waals surface area (Å²) in [6.07, 6.45) is 0.284. The standard InChI is InChI=1S/C11H15ClFN3O/c1-11(2,17)7-4-16(5-8(7)13)10-3-9(12)14-6-15-10/h3,6-8,17H,4-5H2,1-2H3/t7?,8-/m1/s1. The molecule has 1 fully saturated rings. The zero-order valence-electron chi connectivity index (χ0n) is 9.77. The lowest BCUT2D eigenvalue weighted by Crippen LogP contribution is -2.37. The molecule has 2 heterocycles. The lowest BCUT2D eigenvalue weighted by atomic mass is 9.89. The second-order valence-electron chi connectivity index (χ2n) is 4.88. The Morgan fingerprint density at radius 1 is 1.47 bits per heavy atom. The van der Waals surface area contributed by atoms with Crippen LogP contribution < -0.4 is 4.90 Å². The average molecular weight is 260 g/mol. The third-order valence-corrected chi connectivity index (χ3v) is 3.31. The maximum atomic E-state index is 13.8. The SMILES string of the molecule is CC(C)(O)C1CN(c2cc(Cl)ncn2)C[C@H]1F. The van der Waals surface area contributed by atoms with Crippen LogP contribution in [0.3, 0.4) is 0 Å². The predicted molar refractivity (Wildman–Crippen MR) is 63.9 cm³/mol. The van der Waals surface area contributed by atoms with Crippen LogP contribution in [0.4, 0.5) is 10.2 Å². The fourth-order valence-corrected chi connectivity index (χ4v) is 2.26. The van der Waals surface area contributed by atoms with Gasteiger partial charge in [-0.1, -0.05) is 11.6 Å². The Morgan fingerprint density at radius 2 is 2.18 bits per heavy atom. The topological polar surface area (TPSA) is 49.2 Å². The van der Waals surface area contributed by atoms with Crippen LogP contribution in [0.25, 0.3) is 0 Å². The molecule has 1 aliphatic heterocycles. The van der Waals surface area contributed by atoms with Gasteiger partial charge in [-0.15, -0.1) is 0 Å². The number of rotatable bonds is 2. The Labute approximate surface area is 104 Å². The number of halogens is 2. The molecule has 2 atom stereocenters. The van der Waals surface area contributed by atoms with E-state index < -0.39 is 17.7 Å². The van der Waals surface area contributed by atoms with E-state index >= 15 is 0 Å². The van der Waals surface area contributed by atoms with E-state index in [0.29, 0.717) is 17.5 Å². The van der Waals surface area contributed by atoms with Crippen LogP contribution in [0.2, 0.25) is 5.15 Å². The van der Waals surface area contributed by atoms with Crippen molar-refractivity contribution in [3.63, 3.8) is 0 Å². The van der Waals surface area contributed by atoms with Gasteiger partial charge in [-0.25, -0.2) is 14.4 Å². The van der Waals surface area contributed by atoms with Crippen molar-refractivity contribution in [2.45, 2.75) is 25.6 Å². The van der Waals surface area contributed by atoms with Crippen molar-refractivity contribution >= 4 is 17.4 Å². The van der Waals surface area contributed by atoms with Gasteiger partial charge in [0.1, 0.15) is 23.5 Å². The summed E-state index contributed by atoms with van der Waals surface area (Å²) in [5.74, 6) is 0.177. The van der Waals surface area contributed by atoms with Crippen LogP contribution in [0.1, 0.15) is 13.8 Å². The minimum atomic E-state index is -1.07. The van der Waals surface area contributed by atoms with Crippen molar-refractivity contribution in [1.82, 2.24) is 9.97 Å². The number of hydrogen-bond donors (Lipinski definition) is 1. The molecule has 1 aromatic heterocycles. The summed E-state index contributed by atoms with van der Waals surface area (Å²) in [5, 5.41) is 10.2. The quantitative estimate of drug-likeness (QED) is 0.821. The van der Waals surface area contributed by atoms with Crippen molar-refractivity contribution in [2.24, 2.45) is 5.92 Å². The van der Waals surface area contributed by atoms with Gasteiger partial charge in [0.25, 0.3) is 0 Å². The van der Waals surface area contributed by atoms with Gasteiger partial charge in [0.15, 0.2) is 0 Å². The van der Waals surface area contributed by atoms with Crippen molar-refractivity contribution in [3.05, 3.63) is 17.5 Å². The molecule has 0 aliphatic carbocycles. The molecule has 0 spiro atoms. The number of aromatic nitrogens is 2. The highest BCUT2D eigenvalue weighted by Crippen LogP contribution is 2.32. The molecule has 1 saturated heterocycles. The highest BCUT2D eigenvalue weighted by Gasteiger charge is 2.42. The van der Waals surface area contributed by atoms with E-state index in [0.717, 1.165) is 0 Å². The molecule has 1 unspecified atom stereocenters. The second kappa shape index (κ2) is 4.38. The summed E-state index contributed by atoms with van der Waals surface area (Å²) in [5.41, 5.74) is -1.04. The number of alkyl halides is 1. The average Bonchev–Trinajstić information content (AvgIpc) is 2.60. The molecule has 1 aromatic rings. The maximum Gasteiger partial charge on any atom is 0.134 e. The number of aliphatic hydroxyl groups is 1. The van der Waals surface area contributed by atoms with Gasteiger partial charge >= 0.3 is 0 Å². The van der Waals surface area contributed by atoms with Crippen LogP contribution in [0, 0.1) is 5.92 Å². The highest BCUT2D eigenvalue weighted by molar-refractivity contribution is 6.29. The Hall–Kier alpha value is -0.940. The minimum absolute atomic E-state index is 0.224. The van der Waals surface area contributed by atoms with Gasteiger partial charge in [-0.3, -0.25) is 0 Å². The highest BCUT2D eigenvalue weighted by atomic mass is 35.5. The Kier molecular flexibility index (Phi) is 3.23. The number of nitrogens with zero attached hydrogens (tertiary/aromatic N) is 3. The van der Waals surface area contributed by atoms with Gasteiger partial charge in [0, 0.05) is 18.5 Å². The Bertz CT molecular complexity index is 410. The zero-order valence-corrected chi connectivity index (χ0v) is 10.5. The third-order valence-electron chi connectivity index (χ3n) is 3.10. The van der Waals surface area contributed by atoms with E-state index in [2.05, 4.69) is 9.97 Å². The summed E-state index contributed by atoms with van der Waals surface area (Å²) >= 11 is 5.77. The zero-order chi connectivity index (χ0) is 12.6. The van der Waals surface area contributed by atoms with E-state index in [1.807, 2.05) is 0 Å². The molecular formula is C11H15ClFN3O. The van der Waals surface area contributed by atoms with Crippen LogP contribution in [0.5, 0.6) is 0 Å². The molecule has 0 radical (unpaired) electrons. The van der Waals surface area contributed by atoms with Gasteiger partial charge in [0.05, 0.1) is 12.1 Å². The summed E-state index contributed by atoms with van der Waals surface area (Å²) < 4.78 is 13.8. The van der Waals surface area contributed by atoms with E-state index in [1.165, 1.54) is 6.33 Å². The van der Waals surface area contributed by atoms with Crippen LogP contribution in [-0.4, -0.2) is 39.9 Å². The molecule has 0 bridgehead atoms. The van der Waals surface area contributed by atoms with Gasteiger partial charge < -0.3 is 10.0 Å². The summed E-state index contributed by atoms with van der Waals surface area (Å²) in [4.78, 5) is 9.62. The van der Waals surface area contributed by atoms with Crippen molar-refractivity contribution < 1.29 is 9.50 Å². The molecular weight excluding hydrogens is 245 g/mol. The molecule has 0 amide bonds. The number of hydrogen-bond acceptors (Lipinski definition) is 4. The van der Waals surface area contributed by atoms with Crippen LogP contribution in [-0.2, 0) is 0 Å². The monoisotopic (exact) mass is 259 g/mol. The molecule has 0 saturated carbocycles. The first-order valence-corrected chi connectivity index (χ1v) is 5.84. The first-order valence-electron chi connectivity index (χ1n) is 5.47. The minimum Gasteiger partial charge on any atom is -0.390 e. The lowest BCUT2D eigenvalue weighted by molar-refractivity contribution is -0.000240. The van der Waals surface area contributed by atoms with E-state index in [9.17, 15) is 9.50 Å². The molecule has 1 aliphatic rings. The van der Waals surface area contributed by atoms with Crippen LogP contribution in [0.15, 0.2) is 12.4 Å². The predicted octanol–water partition coefficient (Wildman–Crippen LogP) is 1.68. The normalized spacial score (nSPS) is 25.4. The van der Waals surface area contributed by atoms with E-state index in [1.54, 1.807) is 24.8 Å². The second-order valence-corrected chi connectivity index (χ2v) is 5.27. The fourth-order valence-electron chi connectivity index (χ4n) is 2.11. The van der Waals surface area contributed by atoms with Crippen molar-refractivity contribution in [3.8, 4) is 0 Å². The Morgan fingerprint density at radius 3 is 2.71 bits per heavy atom. The van der Waals surface area contributed by atoms with Gasteiger partial charge in [-0.2, -0.15) is 0 Å². The first kappa shape index (κ1) is 12.5. The summed E-state index contributed by atoms with van der Waals surface area (Å²) in [7, 11) is 0. The molecule has 94 valence electrons. The molecule has 4 nitrogen and oxygen atoms in total. The molecule has 17 heavy (non-hydrogen) atoms. The van der Waals surface area contributed by atoms with Crippen molar-refractivity contribution in [2.75, 3.05) is 18.0 Å². The molecule has 2 rings (SSSR count). The smallest absolute Gasteiger partial charge is 0.134 e. The van der Waals surface area contributed by atoms with Gasteiger partial charge in [-0.05, 0) is 13.8 Å². The first-order chi connectivity index (χ1) is 7.88. The molecule has 0 aromatic carbocycles. The molecule has 6 heteroatoms. The number of anilines is 1. The van der Waals surface area contributed by atoms with E-state index in [4.69, 9.17) is 11.6 Å². The summed E-state index contributed by atoms with van der Waals surface area (Å²) in [6, 6.07) is 1.60.